The summed E-state index contributed by atoms with van der Waals surface area (Å²) in [5.41, 5.74) is 3.86. The summed E-state index contributed by atoms with van der Waals surface area (Å²) >= 11 is 0. The molecule has 1 saturated heterocycles. The van der Waals surface area contributed by atoms with Crippen LogP contribution in [0.2, 0.25) is 0 Å². The highest BCUT2D eigenvalue weighted by molar-refractivity contribution is 6.07. The number of rotatable bonds is 2. The molecule has 0 radical (unpaired) electrons. The molecule has 4 aromatic rings. The molecule has 1 aromatic heterocycles. The summed E-state index contributed by atoms with van der Waals surface area (Å²) < 4.78 is 12.7. The zero-order chi connectivity index (χ0) is 25.1. The van der Waals surface area contributed by atoms with Crippen LogP contribution in [0, 0.1) is 5.92 Å². The Balaban J connectivity index is 1.44. The molecule has 3 heterocycles. The standard InChI is InChI=1S/C31H28N2O4/c1-17(34)36-26-11-7-18-15-25-22-10-12-27(35)31(30(22,13-14-33(25)2)28(18)29(26)37-31)19-8-9-21-20-5-3-4-6-23(20)32-24(21)16-19/h3-12,16,22,25,27,32,35H,13-15H2,1-2H3/t22-,25+,27-,30-,31-/m0/s1. The average molecular weight is 493 g/mol. The van der Waals surface area contributed by atoms with Gasteiger partial charge in [0.2, 0.25) is 0 Å². The second-order valence-electron chi connectivity index (χ2n) is 11.1. The molecule has 0 unspecified atom stereocenters. The normalized spacial score (nSPS) is 31.4. The summed E-state index contributed by atoms with van der Waals surface area (Å²) in [5.74, 6) is 0.826. The fourth-order valence-corrected chi connectivity index (χ4v) is 8.11. The number of fused-ring (bicyclic) bond motifs is 3. The van der Waals surface area contributed by atoms with Crippen molar-refractivity contribution in [2.45, 2.75) is 42.9 Å². The molecule has 6 heteroatoms. The van der Waals surface area contributed by atoms with E-state index < -0.39 is 17.1 Å². The molecule has 37 heavy (non-hydrogen) atoms. The lowest BCUT2D eigenvalue weighted by atomic mass is 9.47. The number of esters is 1. The van der Waals surface area contributed by atoms with Crippen molar-refractivity contribution in [3.05, 3.63) is 83.4 Å². The van der Waals surface area contributed by atoms with Crippen LogP contribution in [0.15, 0.2) is 66.7 Å². The van der Waals surface area contributed by atoms with E-state index in [1.807, 2.05) is 18.2 Å². The van der Waals surface area contributed by atoms with E-state index in [1.54, 1.807) is 0 Å². The van der Waals surface area contributed by atoms with Crippen LogP contribution in [0.1, 0.15) is 30.0 Å². The van der Waals surface area contributed by atoms with Crippen LogP contribution in [0.25, 0.3) is 21.8 Å². The number of aromatic nitrogens is 1. The van der Waals surface area contributed by atoms with Gasteiger partial charge in [-0.15, -0.1) is 0 Å². The topological polar surface area (TPSA) is 74.8 Å². The summed E-state index contributed by atoms with van der Waals surface area (Å²) in [5, 5.41) is 14.2. The Bertz CT molecular complexity index is 1670. The second-order valence-corrected chi connectivity index (χ2v) is 11.1. The Labute approximate surface area is 214 Å². The highest BCUT2D eigenvalue weighted by Crippen LogP contribution is 2.69. The lowest BCUT2D eigenvalue weighted by Gasteiger charge is -2.61. The minimum absolute atomic E-state index is 0.161. The molecule has 2 aliphatic heterocycles. The third-order valence-electron chi connectivity index (χ3n) is 9.52. The van der Waals surface area contributed by atoms with Crippen LogP contribution < -0.4 is 9.47 Å². The quantitative estimate of drug-likeness (QED) is 0.243. The molecule has 2 aliphatic carbocycles. The minimum Gasteiger partial charge on any atom is -0.474 e. The van der Waals surface area contributed by atoms with Crippen LogP contribution in [0.4, 0.5) is 0 Å². The van der Waals surface area contributed by atoms with Gasteiger partial charge in [-0.3, -0.25) is 4.79 Å². The van der Waals surface area contributed by atoms with Gasteiger partial charge in [0.1, 0.15) is 6.10 Å². The monoisotopic (exact) mass is 492 g/mol. The van der Waals surface area contributed by atoms with Crippen LogP contribution in [0.5, 0.6) is 11.5 Å². The largest absolute Gasteiger partial charge is 0.474 e. The van der Waals surface area contributed by atoms with Gasteiger partial charge < -0.3 is 24.5 Å². The molecule has 0 amide bonds. The number of hydrogen-bond acceptors (Lipinski definition) is 5. The maximum absolute atomic E-state index is 12.0. The van der Waals surface area contributed by atoms with Gasteiger partial charge in [-0.05, 0) is 50.2 Å². The van der Waals surface area contributed by atoms with E-state index in [0.717, 1.165) is 46.9 Å². The smallest absolute Gasteiger partial charge is 0.308 e. The summed E-state index contributed by atoms with van der Waals surface area (Å²) in [7, 11) is 2.20. The molecule has 1 fully saturated rings. The molecule has 5 atom stereocenters. The van der Waals surface area contributed by atoms with Gasteiger partial charge in [-0.25, -0.2) is 0 Å². The number of aromatic amines is 1. The van der Waals surface area contributed by atoms with E-state index >= 15 is 0 Å². The summed E-state index contributed by atoms with van der Waals surface area (Å²) in [6, 6.07) is 19.0. The summed E-state index contributed by atoms with van der Waals surface area (Å²) in [6.07, 6.45) is 5.00. The van der Waals surface area contributed by atoms with Gasteiger partial charge in [-0.1, -0.05) is 48.6 Å². The van der Waals surface area contributed by atoms with Crippen molar-refractivity contribution in [3.63, 3.8) is 0 Å². The van der Waals surface area contributed by atoms with E-state index in [2.05, 4.69) is 65.5 Å². The van der Waals surface area contributed by atoms with Crippen molar-refractivity contribution in [2.24, 2.45) is 5.92 Å². The zero-order valence-corrected chi connectivity index (χ0v) is 20.8. The molecular formula is C31H28N2O4. The number of likely N-dealkylation sites (tertiary alicyclic amines) is 1. The zero-order valence-electron chi connectivity index (χ0n) is 20.8. The SMILES string of the molecule is CC(=O)Oc1ccc2c3c1O[C@@]1(c4ccc5c(c4)[nH]c4ccccc45)[C@@H](O)C=C[C@H]4[C@@H](C2)N(C)CC[C@@]341. The fraction of sp³-hybridized carbons (Fsp3) is 0.323. The van der Waals surface area contributed by atoms with Crippen molar-refractivity contribution in [3.8, 4) is 11.5 Å². The van der Waals surface area contributed by atoms with E-state index in [1.165, 1.54) is 17.9 Å². The number of aliphatic hydroxyl groups is 1. The number of aliphatic hydroxyl groups excluding tert-OH is 1. The molecular weight excluding hydrogens is 464 g/mol. The minimum atomic E-state index is -1.04. The van der Waals surface area contributed by atoms with Gasteiger partial charge in [0, 0.05) is 51.8 Å². The summed E-state index contributed by atoms with van der Waals surface area (Å²) in [6.45, 7) is 2.31. The number of likely N-dealkylation sites (N-methyl/N-ethyl adjacent to an activating group) is 1. The average Bonchev–Trinajstić information content (AvgIpc) is 3.42. The predicted molar refractivity (Wildman–Crippen MR) is 141 cm³/mol. The van der Waals surface area contributed by atoms with Crippen LogP contribution >= 0.6 is 0 Å². The van der Waals surface area contributed by atoms with E-state index in [4.69, 9.17) is 9.47 Å². The van der Waals surface area contributed by atoms with Crippen molar-refractivity contribution < 1.29 is 19.4 Å². The number of nitrogens with one attached hydrogen (secondary N) is 1. The Morgan fingerprint density at radius 2 is 1.95 bits per heavy atom. The molecule has 186 valence electrons. The highest BCUT2D eigenvalue weighted by Gasteiger charge is 2.72. The summed E-state index contributed by atoms with van der Waals surface area (Å²) in [4.78, 5) is 18.1. The maximum atomic E-state index is 12.0. The van der Waals surface area contributed by atoms with E-state index in [0.29, 0.717) is 17.5 Å². The lowest BCUT2D eigenvalue weighted by molar-refractivity contribution is -0.133. The molecule has 8 rings (SSSR count). The molecule has 1 spiro atoms. The fourth-order valence-electron chi connectivity index (χ4n) is 8.11. The number of carbonyl (C=O) groups excluding carboxylic acids is 1. The first kappa shape index (κ1) is 21.5. The highest BCUT2D eigenvalue weighted by atomic mass is 16.6. The van der Waals surface area contributed by atoms with Gasteiger partial charge >= 0.3 is 5.97 Å². The number of carbonyl (C=O) groups is 1. The molecule has 6 nitrogen and oxygen atoms in total. The Hall–Kier alpha value is -3.61. The first-order valence-electron chi connectivity index (χ1n) is 13.1. The van der Waals surface area contributed by atoms with Gasteiger partial charge in [-0.2, -0.15) is 0 Å². The van der Waals surface area contributed by atoms with Gasteiger partial charge in [0.25, 0.3) is 0 Å². The Kier molecular flexibility index (Phi) is 4.08. The predicted octanol–water partition coefficient (Wildman–Crippen LogP) is 4.58. The number of H-pyrrole nitrogens is 1. The number of piperidine rings is 1. The van der Waals surface area contributed by atoms with Crippen molar-refractivity contribution in [2.75, 3.05) is 13.6 Å². The van der Waals surface area contributed by atoms with Crippen molar-refractivity contribution in [1.82, 2.24) is 9.88 Å². The number of benzene rings is 3. The Morgan fingerprint density at radius 3 is 2.81 bits per heavy atom. The molecule has 0 saturated carbocycles. The van der Waals surface area contributed by atoms with Gasteiger partial charge in [0.05, 0.1) is 5.41 Å². The molecule has 2 N–H and O–H groups in total. The molecule has 4 aliphatic rings. The molecule has 2 bridgehead atoms. The van der Waals surface area contributed by atoms with Gasteiger partial charge in [0.15, 0.2) is 17.1 Å². The number of ether oxygens (including phenoxy) is 2. The van der Waals surface area contributed by atoms with Crippen LogP contribution in [-0.4, -0.2) is 46.7 Å². The van der Waals surface area contributed by atoms with Crippen LogP contribution in [0.3, 0.4) is 0 Å². The lowest BCUT2D eigenvalue weighted by Crippen LogP contribution is -2.69. The number of nitrogens with zero attached hydrogens (tertiary/aromatic N) is 1. The third-order valence-corrected chi connectivity index (χ3v) is 9.52. The van der Waals surface area contributed by atoms with Crippen LogP contribution in [-0.2, 0) is 22.2 Å². The maximum Gasteiger partial charge on any atom is 0.308 e. The second kappa shape index (κ2) is 7.03. The third kappa shape index (κ3) is 2.45. The Morgan fingerprint density at radius 1 is 1.11 bits per heavy atom. The van der Waals surface area contributed by atoms with E-state index in [9.17, 15) is 9.90 Å². The number of para-hydroxylation sites is 1. The molecule has 3 aromatic carbocycles. The van der Waals surface area contributed by atoms with Crippen molar-refractivity contribution >= 4 is 27.8 Å². The van der Waals surface area contributed by atoms with Crippen molar-refractivity contribution in [1.29, 1.82) is 0 Å². The van der Waals surface area contributed by atoms with E-state index in [-0.39, 0.29) is 11.9 Å². The number of hydrogen-bond donors (Lipinski definition) is 2. The first-order chi connectivity index (χ1) is 17.9. The first-order valence-corrected chi connectivity index (χ1v) is 13.1.